The zero-order valence-corrected chi connectivity index (χ0v) is 16.1. The van der Waals surface area contributed by atoms with Crippen LogP contribution in [-0.2, 0) is 25.9 Å². The van der Waals surface area contributed by atoms with Crippen LogP contribution in [0.15, 0.2) is 29.1 Å². The van der Waals surface area contributed by atoms with Gasteiger partial charge in [0.05, 0.1) is 5.69 Å². The molecule has 0 radical (unpaired) electrons. The number of thiazole rings is 1. The normalized spacial score (nSPS) is 15.5. The molecule has 1 aromatic carbocycles. The number of hydrogen-bond donors (Lipinski definition) is 0. The van der Waals surface area contributed by atoms with E-state index in [9.17, 15) is 4.79 Å². The van der Waals surface area contributed by atoms with Crippen molar-refractivity contribution in [2.24, 2.45) is 0 Å². The standard InChI is InChI=1S/C20H21N3O3S/c1-22(10-13-6-7-16-17(8-13)26-12-25-16)11-14-9-19(24)23-15-4-2-3-5-18(15)27-20(23)21-14/h6-9H,2-5,10-12H2,1H3. The monoisotopic (exact) mass is 383 g/mol. The molecule has 0 unspecified atom stereocenters. The highest BCUT2D eigenvalue weighted by atomic mass is 32.1. The van der Waals surface area contributed by atoms with Crippen molar-refractivity contribution in [1.29, 1.82) is 0 Å². The molecule has 0 amide bonds. The minimum Gasteiger partial charge on any atom is -0.454 e. The third kappa shape index (κ3) is 3.11. The van der Waals surface area contributed by atoms with E-state index in [0.29, 0.717) is 6.54 Å². The molecule has 0 N–H and O–H groups in total. The SMILES string of the molecule is CN(Cc1ccc2c(c1)OCO2)Cc1cc(=O)n2c3c(sc2n1)CCCC3. The van der Waals surface area contributed by atoms with Crippen LogP contribution in [0.1, 0.15) is 34.7 Å². The van der Waals surface area contributed by atoms with Crippen molar-refractivity contribution in [2.45, 2.75) is 38.8 Å². The molecule has 1 aliphatic carbocycles. The van der Waals surface area contributed by atoms with Crippen LogP contribution in [0.3, 0.4) is 0 Å². The van der Waals surface area contributed by atoms with Crippen molar-refractivity contribution in [3.05, 3.63) is 56.4 Å². The van der Waals surface area contributed by atoms with Gasteiger partial charge in [-0.3, -0.25) is 14.1 Å². The van der Waals surface area contributed by atoms with Crippen molar-refractivity contribution in [2.75, 3.05) is 13.8 Å². The zero-order chi connectivity index (χ0) is 18.4. The first kappa shape index (κ1) is 16.8. The summed E-state index contributed by atoms with van der Waals surface area (Å²) in [7, 11) is 2.04. The highest BCUT2D eigenvalue weighted by Crippen LogP contribution is 2.33. The Morgan fingerprint density at radius 1 is 1.15 bits per heavy atom. The number of aromatic nitrogens is 2. The second-order valence-corrected chi connectivity index (χ2v) is 8.30. The van der Waals surface area contributed by atoms with Gasteiger partial charge in [0.25, 0.3) is 5.56 Å². The van der Waals surface area contributed by atoms with E-state index in [4.69, 9.17) is 14.5 Å². The van der Waals surface area contributed by atoms with Gasteiger partial charge in [-0.15, -0.1) is 11.3 Å². The summed E-state index contributed by atoms with van der Waals surface area (Å²) in [4.78, 5) is 21.8. The van der Waals surface area contributed by atoms with Gasteiger partial charge in [-0.1, -0.05) is 6.07 Å². The Kier molecular flexibility index (Phi) is 4.13. The maximum atomic E-state index is 12.7. The summed E-state index contributed by atoms with van der Waals surface area (Å²) >= 11 is 1.68. The third-order valence-electron chi connectivity index (χ3n) is 5.14. The molecule has 2 aromatic heterocycles. The summed E-state index contributed by atoms with van der Waals surface area (Å²) in [5, 5.41) is 0. The molecule has 0 atom stereocenters. The topological polar surface area (TPSA) is 56.1 Å². The summed E-state index contributed by atoms with van der Waals surface area (Å²) in [5.74, 6) is 1.59. The Morgan fingerprint density at radius 2 is 2.00 bits per heavy atom. The summed E-state index contributed by atoms with van der Waals surface area (Å²) < 4.78 is 12.6. The van der Waals surface area contributed by atoms with Gasteiger partial charge in [-0.2, -0.15) is 0 Å². The molecule has 27 heavy (non-hydrogen) atoms. The van der Waals surface area contributed by atoms with Crippen LogP contribution in [0.5, 0.6) is 11.5 Å². The average molecular weight is 383 g/mol. The largest absolute Gasteiger partial charge is 0.454 e. The van der Waals surface area contributed by atoms with E-state index >= 15 is 0 Å². The summed E-state index contributed by atoms with van der Waals surface area (Å²) in [6.07, 6.45) is 4.42. The van der Waals surface area contributed by atoms with Crippen molar-refractivity contribution < 1.29 is 9.47 Å². The second-order valence-electron chi connectivity index (χ2n) is 7.24. The van der Waals surface area contributed by atoms with Gasteiger partial charge in [-0.05, 0) is 50.4 Å². The van der Waals surface area contributed by atoms with Gasteiger partial charge in [-0.25, -0.2) is 4.98 Å². The van der Waals surface area contributed by atoms with E-state index in [2.05, 4.69) is 4.90 Å². The minimum absolute atomic E-state index is 0.0471. The van der Waals surface area contributed by atoms with Crippen LogP contribution in [0.2, 0.25) is 0 Å². The molecule has 6 nitrogen and oxygen atoms in total. The Morgan fingerprint density at radius 3 is 2.93 bits per heavy atom. The first-order valence-corrected chi connectivity index (χ1v) is 10.1. The Bertz CT molecular complexity index is 1070. The first-order chi connectivity index (χ1) is 13.2. The maximum absolute atomic E-state index is 12.7. The Hall–Kier alpha value is -2.38. The minimum atomic E-state index is 0.0471. The maximum Gasteiger partial charge on any atom is 0.259 e. The van der Waals surface area contributed by atoms with Crippen molar-refractivity contribution in [3.8, 4) is 11.5 Å². The number of nitrogens with zero attached hydrogens (tertiary/aromatic N) is 3. The van der Waals surface area contributed by atoms with Crippen LogP contribution in [-0.4, -0.2) is 28.1 Å². The van der Waals surface area contributed by atoms with Gasteiger partial charge < -0.3 is 9.47 Å². The van der Waals surface area contributed by atoms with E-state index in [1.165, 1.54) is 17.0 Å². The van der Waals surface area contributed by atoms with Crippen LogP contribution < -0.4 is 15.0 Å². The molecule has 1 aliphatic heterocycles. The van der Waals surface area contributed by atoms with E-state index < -0.39 is 0 Å². The van der Waals surface area contributed by atoms with Gasteiger partial charge >= 0.3 is 0 Å². The Labute approximate surface area is 161 Å². The highest BCUT2D eigenvalue weighted by Gasteiger charge is 2.19. The van der Waals surface area contributed by atoms with Crippen LogP contribution in [0.25, 0.3) is 4.96 Å². The molecular formula is C20H21N3O3S. The molecule has 0 saturated carbocycles. The molecule has 0 saturated heterocycles. The number of hydrogen-bond acceptors (Lipinski definition) is 6. The molecule has 3 heterocycles. The van der Waals surface area contributed by atoms with E-state index in [1.807, 2.05) is 29.6 Å². The first-order valence-electron chi connectivity index (χ1n) is 9.28. The fourth-order valence-electron chi connectivity index (χ4n) is 3.91. The number of aryl methyl sites for hydroxylation is 2. The predicted octanol–water partition coefficient (Wildman–Crippen LogP) is 3.00. The lowest BCUT2D eigenvalue weighted by molar-refractivity contribution is 0.174. The van der Waals surface area contributed by atoms with Crippen LogP contribution in [0.4, 0.5) is 0 Å². The van der Waals surface area contributed by atoms with E-state index in [1.54, 1.807) is 17.4 Å². The third-order valence-corrected chi connectivity index (χ3v) is 6.28. The molecule has 0 bridgehead atoms. The molecule has 5 rings (SSSR count). The van der Waals surface area contributed by atoms with E-state index in [0.717, 1.165) is 53.5 Å². The Balaban J connectivity index is 1.37. The quantitative estimate of drug-likeness (QED) is 0.693. The second kappa shape index (κ2) is 6.65. The number of fused-ring (bicyclic) bond motifs is 4. The lowest BCUT2D eigenvalue weighted by Crippen LogP contribution is -2.22. The van der Waals surface area contributed by atoms with Gasteiger partial charge in [0, 0.05) is 29.7 Å². The van der Waals surface area contributed by atoms with Crippen molar-refractivity contribution >= 4 is 16.3 Å². The smallest absolute Gasteiger partial charge is 0.259 e. The number of rotatable bonds is 4. The average Bonchev–Trinajstić information content (AvgIpc) is 3.24. The van der Waals surface area contributed by atoms with Crippen LogP contribution >= 0.6 is 11.3 Å². The molecule has 2 aliphatic rings. The summed E-state index contributed by atoms with van der Waals surface area (Å²) in [6, 6.07) is 7.68. The van der Waals surface area contributed by atoms with Crippen LogP contribution in [0, 0.1) is 0 Å². The predicted molar refractivity (Wildman–Crippen MR) is 104 cm³/mol. The molecule has 0 spiro atoms. The van der Waals surface area contributed by atoms with Crippen molar-refractivity contribution in [1.82, 2.24) is 14.3 Å². The van der Waals surface area contributed by atoms with E-state index in [-0.39, 0.29) is 12.4 Å². The molecule has 0 fully saturated rings. The summed E-state index contributed by atoms with van der Waals surface area (Å²) in [5.41, 5.74) is 3.19. The lowest BCUT2D eigenvalue weighted by Gasteiger charge is -2.16. The van der Waals surface area contributed by atoms with Gasteiger partial charge in [0.15, 0.2) is 16.5 Å². The number of benzene rings is 1. The fourth-order valence-corrected chi connectivity index (χ4v) is 5.14. The molecular weight excluding hydrogens is 362 g/mol. The molecule has 3 aromatic rings. The highest BCUT2D eigenvalue weighted by molar-refractivity contribution is 7.17. The van der Waals surface area contributed by atoms with Crippen molar-refractivity contribution in [3.63, 3.8) is 0 Å². The summed E-state index contributed by atoms with van der Waals surface area (Å²) in [6.45, 7) is 1.66. The number of ether oxygens (including phenoxy) is 2. The molecule has 140 valence electrons. The zero-order valence-electron chi connectivity index (χ0n) is 15.2. The fraction of sp³-hybridized carbons (Fsp3) is 0.400. The molecule has 7 heteroatoms. The van der Waals surface area contributed by atoms with Gasteiger partial charge in [0.2, 0.25) is 6.79 Å². The lowest BCUT2D eigenvalue weighted by atomic mass is 10.0. The van der Waals surface area contributed by atoms with Gasteiger partial charge in [0.1, 0.15) is 0 Å².